The second kappa shape index (κ2) is 5.09. The summed E-state index contributed by atoms with van der Waals surface area (Å²) in [6.07, 6.45) is 6.05. The molecule has 0 bridgehead atoms. The van der Waals surface area contributed by atoms with Crippen molar-refractivity contribution in [2.75, 3.05) is 13.1 Å². The first-order valence-electron chi connectivity index (χ1n) is 8.60. The molecule has 3 heteroatoms. The molecule has 3 nitrogen and oxygen atoms in total. The fraction of sp³-hybridized carbons (Fsp3) is 0.632. The number of hydrogen-bond donors (Lipinski definition) is 0. The molecule has 0 aromatic heterocycles. The van der Waals surface area contributed by atoms with E-state index >= 15 is 0 Å². The van der Waals surface area contributed by atoms with E-state index in [1.54, 1.807) is 0 Å². The van der Waals surface area contributed by atoms with Crippen LogP contribution in [0, 0.1) is 0 Å². The fourth-order valence-electron chi connectivity index (χ4n) is 4.77. The van der Waals surface area contributed by atoms with Crippen molar-refractivity contribution in [1.82, 2.24) is 4.90 Å². The van der Waals surface area contributed by atoms with E-state index < -0.39 is 0 Å². The van der Waals surface area contributed by atoms with Crippen LogP contribution < -0.4 is 0 Å². The first-order chi connectivity index (χ1) is 10.6. The van der Waals surface area contributed by atoms with E-state index in [0.29, 0.717) is 12.5 Å². The summed E-state index contributed by atoms with van der Waals surface area (Å²) in [6.45, 7) is 4.60. The molecule has 1 aromatic carbocycles. The minimum Gasteiger partial charge on any atom is -0.459 e. The third-order valence-electron chi connectivity index (χ3n) is 6.15. The molecule has 3 heterocycles. The summed E-state index contributed by atoms with van der Waals surface area (Å²) in [5, 5.41) is 0. The molecule has 3 aliphatic heterocycles. The second-order valence-corrected chi connectivity index (χ2v) is 7.70. The van der Waals surface area contributed by atoms with Gasteiger partial charge in [-0.25, -0.2) is 0 Å². The molecule has 1 aromatic rings. The predicted molar refractivity (Wildman–Crippen MR) is 85.7 cm³/mol. The Balaban J connectivity index is 1.49. The van der Waals surface area contributed by atoms with E-state index in [2.05, 4.69) is 42.2 Å². The van der Waals surface area contributed by atoms with Crippen molar-refractivity contribution >= 4 is 5.97 Å². The van der Waals surface area contributed by atoms with Gasteiger partial charge in [0.1, 0.15) is 5.60 Å². The number of fused-ring (bicyclic) bond motifs is 1. The Morgan fingerprint density at radius 2 is 2.00 bits per heavy atom. The molecule has 3 atom stereocenters. The normalized spacial score (nSPS) is 38.8. The summed E-state index contributed by atoms with van der Waals surface area (Å²) in [7, 11) is 0. The largest absolute Gasteiger partial charge is 0.459 e. The minimum atomic E-state index is -0.126. The maximum atomic E-state index is 11.5. The Morgan fingerprint density at radius 1 is 1.18 bits per heavy atom. The third-order valence-corrected chi connectivity index (χ3v) is 6.15. The summed E-state index contributed by atoms with van der Waals surface area (Å²) in [5.41, 5.74) is 1.59. The predicted octanol–water partition coefficient (Wildman–Crippen LogP) is 3.28. The van der Waals surface area contributed by atoms with Gasteiger partial charge in [-0.15, -0.1) is 0 Å². The van der Waals surface area contributed by atoms with Gasteiger partial charge in [0.05, 0.1) is 0 Å². The van der Waals surface area contributed by atoms with E-state index in [1.807, 2.05) is 0 Å². The zero-order valence-electron chi connectivity index (χ0n) is 13.4. The van der Waals surface area contributed by atoms with Gasteiger partial charge in [0.15, 0.2) is 0 Å². The van der Waals surface area contributed by atoms with Crippen LogP contribution in [0.1, 0.15) is 51.0 Å². The van der Waals surface area contributed by atoms with Crippen molar-refractivity contribution in [3.8, 4) is 0 Å². The smallest absolute Gasteiger partial charge is 0.306 e. The highest BCUT2D eigenvalue weighted by molar-refractivity contribution is 5.72. The Hall–Kier alpha value is -1.35. The highest BCUT2D eigenvalue weighted by Crippen LogP contribution is 2.45. The minimum absolute atomic E-state index is 0.0124. The van der Waals surface area contributed by atoms with Crippen molar-refractivity contribution in [3.63, 3.8) is 0 Å². The molecule has 0 N–H and O–H groups in total. The Labute approximate surface area is 132 Å². The Bertz CT molecular complexity index is 572. The molecule has 3 aliphatic rings. The molecule has 0 radical (unpaired) electrons. The molecule has 1 spiro atoms. The summed E-state index contributed by atoms with van der Waals surface area (Å²) >= 11 is 0. The van der Waals surface area contributed by atoms with Gasteiger partial charge in [-0.05, 0) is 24.8 Å². The van der Waals surface area contributed by atoms with E-state index in [4.69, 9.17) is 4.74 Å². The highest BCUT2D eigenvalue weighted by atomic mass is 16.6. The zero-order chi connectivity index (χ0) is 15.2. The topological polar surface area (TPSA) is 29.5 Å². The summed E-state index contributed by atoms with van der Waals surface area (Å²) in [4.78, 5) is 14.2. The quantitative estimate of drug-likeness (QED) is 0.745. The van der Waals surface area contributed by atoms with Crippen LogP contribution in [-0.2, 0) is 14.9 Å². The van der Waals surface area contributed by atoms with Crippen molar-refractivity contribution < 1.29 is 9.53 Å². The monoisotopic (exact) mass is 299 g/mol. The molecule has 3 saturated heterocycles. The molecule has 0 aliphatic carbocycles. The van der Waals surface area contributed by atoms with Gasteiger partial charge in [-0.2, -0.15) is 0 Å². The molecule has 0 saturated carbocycles. The van der Waals surface area contributed by atoms with E-state index in [1.165, 1.54) is 18.4 Å². The average Bonchev–Trinajstić information content (AvgIpc) is 2.89. The lowest BCUT2D eigenvalue weighted by molar-refractivity contribution is -0.155. The fourth-order valence-corrected chi connectivity index (χ4v) is 4.77. The number of carbonyl (C=O) groups is 1. The van der Waals surface area contributed by atoms with Gasteiger partial charge in [0, 0.05) is 43.8 Å². The number of nitrogens with zero attached hydrogens (tertiary/aromatic N) is 1. The molecule has 4 rings (SSSR count). The standard InChI is InChI=1S/C19H25NO2/c1-18(15-5-3-2-4-6-15)9-7-16-13-19(10-8-17(21)22-19)11-12-20(16)14-18/h2-6,16H,7-14H2,1H3. The molecular formula is C19H25NO2. The number of rotatable bonds is 1. The number of esters is 1. The number of piperidine rings is 2. The SMILES string of the molecule is CC1(c2ccccc2)CCC2CC3(CCC(=O)O3)CCN2C1. The van der Waals surface area contributed by atoms with Crippen LogP contribution in [0.5, 0.6) is 0 Å². The van der Waals surface area contributed by atoms with Gasteiger partial charge in [-0.1, -0.05) is 37.3 Å². The van der Waals surface area contributed by atoms with E-state index in [-0.39, 0.29) is 17.0 Å². The lowest BCUT2D eigenvalue weighted by atomic mass is 9.70. The van der Waals surface area contributed by atoms with Crippen LogP contribution in [-0.4, -0.2) is 35.6 Å². The lowest BCUT2D eigenvalue weighted by Crippen LogP contribution is -2.57. The summed E-state index contributed by atoms with van der Waals surface area (Å²) < 4.78 is 5.71. The third kappa shape index (κ3) is 2.36. The number of benzene rings is 1. The maximum Gasteiger partial charge on any atom is 0.306 e. The van der Waals surface area contributed by atoms with Crippen molar-refractivity contribution in [3.05, 3.63) is 35.9 Å². The van der Waals surface area contributed by atoms with Crippen molar-refractivity contribution in [2.24, 2.45) is 0 Å². The van der Waals surface area contributed by atoms with E-state index in [0.717, 1.165) is 32.4 Å². The van der Waals surface area contributed by atoms with Crippen molar-refractivity contribution in [1.29, 1.82) is 0 Å². The number of hydrogen-bond acceptors (Lipinski definition) is 3. The summed E-state index contributed by atoms with van der Waals surface area (Å²) in [6, 6.07) is 11.5. The molecule has 118 valence electrons. The van der Waals surface area contributed by atoms with Gasteiger partial charge < -0.3 is 4.74 Å². The first kappa shape index (κ1) is 14.3. The highest BCUT2D eigenvalue weighted by Gasteiger charge is 2.49. The van der Waals surface area contributed by atoms with Crippen LogP contribution in [0.3, 0.4) is 0 Å². The maximum absolute atomic E-state index is 11.5. The second-order valence-electron chi connectivity index (χ2n) is 7.70. The molecule has 0 amide bonds. The van der Waals surface area contributed by atoms with Gasteiger partial charge in [0.25, 0.3) is 0 Å². The average molecular weight is 299 g/mol. The Morgan fingerprint density at radius 3 is 2.73 bits per heavy atom. The lowest BCUT2D eigenvalue weighted by Gasteiger charge is -2.51. The summed E-state index contributed by atoms with van der Waals surface area (Å²) in [5.74, 6) is 0.0124. The van der Waals surface area contributed by atoms with E-state index in [9.17, 15) is 4.79 Å². The Kier molecular flexibility index (Phi) is 3.30. The number of ether oxygens (including phenoxy) is 1. The molecule has 3 fully saturated rings. The first-order valence-corrected chi connectivity index (χ1v) is 8.60. The van der Waals surface area contributed by atoms with Crippen LogP contribution in [0.15, 0.2) is 30.3 Å². The molecule has 22 heavy (non-hydrogen) atoms. The van der Waals surface area contributed by atoms with Crippen LogP contribution in [0.4, 0.5) is 0 Å². The van der Waals surface area contributed by atoms with Gasteiger partial charge in [0.2, 0.25) is 0 Å². The van der Waals surface area contributed by atoms with Gasteiger partial charge >= 0.3 is 5.97 Å². The molecular weight excluding hydrogens is 274 g/mol. The van der Waals surface area contributed by atoms with Gasteiger partial charge in [-0.3, -0.25) is 9.69 Å². The zero-order valence-corrected chi connectivity index (χ0v) is 13.4. The van der Waals surface area contributed by atoms with Crippen LogP contribution >= 0.6 is 0 Å². The van der Waals surface area contributed by atoms with Crippen LogP contribution in [0.2, 0.25) is 0 Å². The van der Waals surface area contributed by atoms with Crippen LogP contribution in [0.25, 0.3) is 0 Å². The number of carbonyl (C=O) groups excluding carboxylic acids is 1. The van der Waals surface area contributed by atoms with Crippen molar-refractivity contribution in [2.45, 2.75) is 62.5 Å². The molecule has 3 unspecified atom stereocenters.